The first-order chi connectivity index (χ1) is 16.9. The van der Waals surface area contributed by atoms with Gasteiger partial charge in [-0.2, -0.15) is 5.10 Å². The summed E-state index contributed by atoms with van der Waals surface area (Å²) in [7, 11) is 4.07. The minimum Gasteiger partial charge on any atom is -0.352 e. The van der Waals surface area contributed by atoms with Crippen molar-refractivity contribution in [3.8, 4) is 11.1 Å². The molecule has 0 unspecified atom stereocenters. The fraction of sp³-hybridized carbons (Fsp3) is 0.440. The van der Waals surface area contributed by atoms with Gasteiger partial charge in [-0.25, -0.2) is 14.4 Å². The van der Waals surface area contributed by atoms with Gasteiger partial charge in [-0.3, -0.25) is 9.48 Å². The lowest BCUT2D eigenvalue weighted by Crippen LogP contribution is -2.47. The summed E-state index contributed by atoms with van der Waals surface area (Å²) < 4.78 is 16.2. The van der Waals surface area contributed by atoms with Crippen molar-refractivity contribution in [1.29, 1.82) is 0 Å². The van der Waals surface area contributed by atoms with Crippen LogP contribution in [0.4, 0.5) is 10.3 Å². The van der Waals surface area contributed by atoms with Crippen molar-refractivity contribution >= 4 is 27.8 Å². The molecule has 0 saturated carbocycles. The lowest BCUT2D eigenvalue weighted by Gasteiger charge is -2.35. The number of amides is 1. The van der Waals surface area contributed by atoms with Gasteiger partial charge in [0.1, 0.15) is 5.82 Å². The molecule has 1 aliphatic rings. The number of likely N-dealkylation sites (tertiary alicyclic amines) is 1. The Balaban J connectivity index is 1.56. The zero-order valence-electron chi connectivity index (χ0n) is 20.1. The number of aromatic nitrogens is 4. The minimum absolute atomic E-state index is 0.00320. The average Bonchev–Trinajstić information content (AvgIpc) is 3.28. The van der Waals surface area contributed by atoms with Crippen LogP contribution < -0.4 is 5.32 Å². The largest absolute Gasteiger partial charge is 0.352 e. The predicted octanol–water partition coefficient (Wildman–Crippen LogP) is 4.30. The summed E-state index contributed by atoms with van der Waals surface area (Å²) in [4.78, 5) is 26.4. The fourth-order valence-corrected chi connectivity index (χ4v) is 4.52. The standard InChI is InChI=1S/C25H31BrFN7O/c1-32(2)11-5-12-33-17-22(18-7-9-20(27)10-8-18)23(31-33)24(35)34-13-4-3-6-21(34)16-30-25-28-14-19(26)15-29-25/h7-10,14-15,17,21H,3-6,11-13,16H2,1-2H3,(H,28,29,30)/t21-/m0/s1. The molecular weight excluding hydrogens is 513 g/mol. The highest BCUT2D eigenvalue weighted by Crippen LogP contribution is 2.27. The molecule has 0 bridgehead atoms. The summed E-state index contributed by atoms with van der Waals surface area (Å²) in [5.41, 5.74) is 1.92. The van der Waals surface area contributed by atoms with Crippen LogP contribution in [-0.4, -0.2) is 75.2 Å². The summed E-state index contributed by atoms with van der Waals surface area (Å²) in [6.45, 7) is 2.85. The molecule has 1 N–H and O–H groups in total. The number of hydrogen-bond acceptors (Lipinski definition) is 6. The number of halogens is 2. The molecular formula is C25H31BrFN7O. The van der Waals surface area contributed by atoms with Gasteiger partial charge in [0, 0.05) is 49.8 Å². The molecule has 1 aliphatic heterocycles. The maximum atomic E-state index is 13.8. The molecule has 35 heavy (non-hydrogen) atoms. The highest BCUT2D eigenvalue weighted by atomic mass is 79.9. The second kappa shape index (κ2) is 11.7. The molecule has 1 amide bonds. The maximum Gasteiger partial charge on any atom is 0.275 e. The van der Waals surface area contributed by atoms with Gasteiger partial charge in [-0.1, -0.05) is 12.1 Å². The smallest absolute Gasteiger partial charge is 0.275 e. The molecule has 0 radical (unpaired) electrons. The van der Waals surface area contributed by atoms with Gasteiger partial charge in [0.2, 0.25) is 5.95 Å². The van der Waals surface area contributed by atoms with Crippen LogP contribution in [0.2, 0.25) is 0 Å². The Morgan fingerprint density at radius 2 is 1.94 bits per heavy atom. The first-order valence-electron chi connectivity index (χ1n) is 11.9. The second-order valence-electron chi connectivity index (χ2n) is 9.07. The molecule has 10 heteroatoms. The number of rotatable bonds is 9. The molecule has 3 heterocycles. The quantitative estimate of drug-likeness (QED) is 0.433. The molecule has 1 fully saturated rings. The van der Waals surface area contributed by atoms with Gasteiger partial charge in [-0.05, 0) is 79.9 Å². The molecule has 4 rings (SSSR count). The molecule has 0 spiro atoms. The van der Waals surface area contributed by atoms with Crippen LogP contribution in [0, 0.1) is 5.82 Å². The van der Waals surface area contributed by atoms with Crippen LogP contribution >= 0.6 is 15.9 Å². The molecule has 1 aromatic carbocycles. The van der Waals surface area contributed by atoms with Crippen LogP contribution in [0.15, 0.2) is 47.3 Å². The van der Waals surface area contributed by atoms with Gasteiger partial charge in [0.05, 0.1) is 4.47 Å². The van der Waals surface area contributed by atoms with Gasteiger partial charge in [0.25, 0.3) is 5.91 Å². The third-order valence-corrected chi connectivity index (χ3v) is 6.53. The summed E-state index contributed by atoms with van der Waals surface area (Å²) in [6.07, 6.45) is 9.10. The Morgan fingerprint density at radius 3 is 2.66 bits per heavy atom. The zero-order chi connectivity index (χ0) is 24.8. The van der Waals surface area contributed by atoms with E-state index >= 15 is 0 Å². The Kier molecular flexibility index (Phi) is 8.46. The third-order valence-electron chi connectivity index (χ3n) is 6.12. The van der Waals surface area contributed by atoms with Crippen molar-refractivity contribution in [2.75, 3.05) is 39.0 Å². The molecule has 2 aromatic heterocycles. The number of nitrogens with one attached hydrogen (secondary N) is 1. The maximum absolute atomic E-state index is 13.8. The summed E-state index contributed by atoms with van der Waals surface area (Å²) >= 11 is 3.34. The second-order valence-corrected chi connectivity index (χ2v) is 9.99. The molecule has 0 aliphatic carbocycles. The topological polar surface area (TPSA) is 79.2 Å². The van der Waals surface area contributed by atoms with Crippen LogP contribution in [0.1, 0.15) is 36.2 Å². The third kappa shape index (κ3) is 6.64. The lowest BCUT2D eigenvalue weighted by atomic mass is 10.00. The summed E-state index contributed by atoms with van der Waals surface area (Å²) in [5, 5.41) is 7.97. The van der Waals surface area contributed by atoms with Crippen molar-refractivity contribution in [3.63, 3.8) is 0 Å². The van der Waals surface area contributed by atoms with Gasteiger partial charge >= 0.3 is 0 Å². The first-order valence-corrected chi connectivity index (χ1v) is 12.7. The number of nitrogens with zero attached hydrogens (tertiary/aromatic N) is 6. The van der Waals surface area contributed by atoms with E-state index in [0.717, 1.165) is 47.8 Å². The van der Waals surface area contributed by atoms with Gasteiger partial charge in [-0.15, -0.1) is 0 Å². The number of anilines is 1. The molecule has 8 nitrogen and oxygen atoms in total. The Hall–Kier alpha value is -2.85. The van der Waals surface area contributed by atoms with Crippen molar-refractivity contribution in [2.45, 2.75) is 38.3 Å². The van der Waals surface area contributed by atoms with Crippen LogP contribution in [0.25, 0.3) is 11.1 Å². The first kappa shape index (κ1) is 25.2. The van der Waals surface area contributed by atoms with Crippen molar-refractivity contribution < 1.29 is 9.18 Å². The van der Waals surface area contributed by atoms with Gasteiger partial charge in [0.15, 0.2) is 5.69 Å². The zero-order valence-corrected chi connectivity index (χ0v) is 21.7. The minimum atomic E-state index is -0.308. The average molecular weight is 544 g/mol. The van der Waals surface area contributed by atoms with Crippen LogP contribution in [0.3, 0.4) is 0 Å². The molecule has 3 aromatic rings. The summed E-state index contributed by atoms with van der Waals surface area (Å²) in [5.74, 6) is 0.125. The van der Waals surface area contributed by atoms with Crippen LogP contribution in [0.5, 0.6) is 0 Å². The number of carbonyl (C=O) groups is 1. The van der Waals surface area contributed by atoms with E-state index in [9.17, 15) is 9.18 Å². The SMILES string of the molecule is CN(C)CCCn1cc(-c2ccc(F)cc2)c(C(=O)N2CCCC[C@H]2CNc2ncc(Br)cn2)n1. The van der Waals surface area contributed by atoms with E-state index in [0.29, 0.717) is 31.3 Å². The Bertz CT molecular complexity index is 1120. The van der Waals surface area contributed by atoms with E-state index in [1.165, 1.54) is 12.1 Å². The van der Waals surface area contributed by atoms with Crippen molar-refractivity contribution in [2.24, 2.45) is 0 Å². The van der Waals surface area contributed by atoms with E-state index in [-0.39, 0.29) is 17.8 Å². The van der Waals surface area contributed by atoms with Crippen molar-refractivity contribution in [1.82, 2.24) is 29.5 Å². The number of benzene rings is 1. The van der Waals surface area contributed by atoms with Crippen molar-refractivity contribution in [3.05, 3.63) is 58.8 Å². The van der Waals surface area contributed by atoms with Crippen LogP contribution in [-0.2, 0) is 6.54 Å². The monoisotopic (exact) mass is 543 g/mol. The highest BCUT2D eigenvalue weighted by Gasteiger charge is 2.31. The number of carbonyl (C=O) groups excluding carboxylic acids is 1. The fourth-order valence-electron chi connectivity index (χ4n) is 4.31. The number of aryl methyl sites for hydroxylation is 1. The molecule has 186 valence electrons. The van der Waals surface area contributed by atoms with E-state index in [1.807, 2.05) is 29.9 Å². The van der Waals surface area contributed by atoms with E-state index in [1.54, 1.807) is 24.5 Å². The molecule has 1 saturated heterocycles. The molecule has 1 atom stereocenters. The normalized spacial score (nSPS) is 16.0. The number of piperidine rings is 1. The lowest BCUT2D eigenvalue weighted by molar-refractivity contribution is 0.0622. The Morgan fingerprint density at radius 1 is 1.20 bits per heavy atom. The van der Waals surface area contributed by atoms with Gasteiger partial charge < -0.3 is 15.1 Å². The van der Waals surface area contributed by atoms with E-state index in [2.05, 4.69) is 36.1 Å². The van der Waals surface area contributed by atoms with E-state index in [4.69, 9.17) is 5.10 Å². The van der Waals surface area contributed by atoms with E-state index < -0.39 is 0 Å². The Labute approximate surface area is 213 Å². The summed E-state index contributed by atoms with van der Waals surface area (Å²) in [6, 6.07) is 6.24. The predicted molar refractivity (Wildman–Crippen MR) is 138 cm³/mol. The number of hydrogen-bond donors (Lipinski definition) is 1. The highest BCUT2D eigenvalue weighted by molar-refractivity contribution is 9.10.